The van der Waals surface area contributed by atoms with Crippen molar-refractivity contribution in [2.24, 2.45) is 0 Å². The van der Waals surface area contributed by atoms with Crippen LogP contribution in [0.1, 0.15) is 19.8 Å². The number of nitrogens with one attached hydrogen (secondary N) is 1. The van der Waals surface area contributed by atoms with Crippen molar-refractivity contribution in [2.45, 2.75) is 25.8 Å². The van der Waals surface area contributed by atoms with Crippen LogP contribution in [0.2, 0.25) is 0 Å². The number of nitrogens with zero attached hydrogens (tertiary/aromatic N) is 2. The number of likely N-dealkylation sites (tertiary alicyclic amines) is 1. The molecule has 1 aliphatic heterocycles. The van der Waals surface area contributed by atoms with Crippen LogP contribution in [0.5, 0.6) is 0 Å². The zero-order valence-electron chi connectivity index (χ0n) is 9.11. The Morgan fingerprint density at radius 2 is 2.50 bits per heavy atom. The second-order valence-corrected chi connectivity index (χ2v) is 3.87. The van der Waals surface area contributed by atoms with Crippen molar-refractivity contribution >= 4 is 11.7 Å². The third kappa shape index (κ3) is 2.13. The Bertz CT molecular complexity index is 395. The molecule has 16 heavy (non-hydrogen) atoms. The molecule has 0 aliphatic carbocycles. The molecule has 1 atom stereocenters. The number of aromatic nitrogens is 1. The smallest absolute Gasteiger partial charge is 0.321 e. The maximum Gasteiger partial charge on any atom is 0.322 e. The molecule has 1 aromatic rings. The highest BCUT2D eigenvalue weighted by Gasteiger charge is 2.30. The minimum Gasteiger partial charge on any atom is -0.321 e. The molecule has 0 radical (unpaired) electrons. The number of pyridine rings is 1. The molecule has 0 saturated carbocycles. The van der Waals surface area contributed by atoms with Gasteiger partial charge in [0.05, 0.1) is 18.1 Å². The molecule has 2 amide bonds. The van der Waals surface area contributed by atoms with Crippen LogP contribution in [0.15, 0.2) is 18.5 Å². The molecule has 2 rings (SSSR count). The van der Waals surface area contributed by atoms with Crippen molar-refractivity contribution in [1.82, 2.24) is 9.88 Å². The van der Waals surface area contributed by atoms with Crippen molar-refractivity contribution in [3.63, 3.8) is 0 Å². The van der Waals surface area contributed by atoms with E-state index < -0.39 is 5.82 Å². The van der Waals surface area contributed by atoms with E-state index in [0.29, 0.717) is 11.7 Å². The van der Waals surface area contributed by atoms with Gasteiger partial charge >= 0.3 is 6.03 Å². The molecular weight excluding hydrogens is 209 g/mol. The maximum atomic E-state index is 12.8. The number of anilines is 1. The van der Waals surface area contributed by atoms with E-state index in [0.717, 1.165) is 25.6 Å². The molecule has 1 N–H and O–H groups in total. The Hall–Kier alpha value is -1.65. The lowest BCUT2D eigenvalue weighted by molar-refractivity contribution is 0.123. The molecule has 1 aliphatic rings. The number of rotatable bonds is 2. The average Bonchev–Trinajstić information content (AvgIpc) is 2.16. The summed E-state index contributed by atoms with van der Waals surface area (Å²) in [5.74, 6) is -0.451. The molecular formula is C11H14FN3O. The van der Waals surface area contributed by atoms with Gasteiger partial charge in [-0.15, -0.1) is 0 Å². The summed E-state index contributed by atoms with van der Waals surface area (Å²) in [7, 11) is 0. The lowest BCUT2D eigenvalue weighted by Gasteiger charge is -2.40. The van der Waals surface area contributed by atoms with Crippen molar-refractivity contribution < 1.29 is 9.18 Å². The molecule has 0 bridgehead atoms. The lowest BCUT2D eigenvalue weighted by atomic mass is 10.0. The fourth-order valence-corrected chi connectivity index (χ4v) is 1.81. The van der Waals surface area contributed by atoms with E-state index in [2.05, 4.69) is 10.3 Å². The van der Waals surface area contributed by atoms with E-state index in [1.54, 1.807) is 4.90 Å². The highest BCUT2D eigenvalue weighted by molar-refractivity contribution is 5.89. The second kappa shape index (κ2) is 4.47. The van der Waals surface area contributed by atoms with E-state index in [1.807, 2.05) is 6.92 Å². The molecule has 1 unspecified atom stereocenters. The summed E-state index contributed by atoms with van der Waals surface area (Å²) >= 11 is 0. The van der Waals surface area contributed by atoms with Crippen LogP contribution in [0.3, 0.4) is 0 Å². The molecule has 1 aromatic heterocycles. The van der Waals surface area contributed by atoms with Crippen LogP contribution in [0, 0.1) is 5.82 Å². The van der Waals surface area contributed by atoms with Crippen LogP contribution in [-0.2, 0) is 0 Å². The first-order chi connectivity index (χ1) is 7.70. The van der Waals surface area contributed by atoms with Crippen LogP contribution in [0.25, 0.3) is 0 Å². The van der Waals surface area contributed by atoms with Crippen LogP contribution in [-0.4, -0.2) is 28.5 Å². The van der Waals surface area contributed by atoms with Crippen LogP contribution in [0.4, 0.5) is 14.9 Å². The van der Waals surface area contributed by atoms with Crippen molar-refractivity contribution in [3.05, 3.63) is 24.3 Å². The van der Waals surface area contributed by atoms with E-state index >= 15 is 0 Å². The highest BCUT2D eigenvalue weighted by Crippen LogP contribution is 2.21. The number of urea groups is 1. The zero-order chi connectivity index (χ0) is 11.5. The number of carbonyl (C=O) groups is 1. The van der Waals surface area contributed by atoms with Crippen LogP contribution < -0.4 is 5.32 Å². The number of amides is 2. The summed E-state index contributed by atoms with van der Waals surface area (Å²) in [5, 5.41) is 2.63. The predicted molar refractivity (Wildman–Crippen MR) is 58.6 cm³/mol. The Morgan fingerprint density at radius 3 is 3.06 bits per heavy atom. The van der Waals surface area contributed by atoms with E-state index in [1.165, 1.54) is 12.3 Å². The Kier molecular flexibility index (Phi) is 3.03. The van der Waals surface area contributed by atoms with Gasteiger partial charge in [0.2, 0.25) is 0 Å². The first-order valence-corrected chi connectivity index (χ1v) is 5.39. The Balaban J connectivity index is 1.97. The lowest BCUT2D eigenvalue weighted by Crippen LogP contribution is -2.52. The Labute approximate surface area is 93.5 Å². The van der Waals surface area contributed by atoms with Gasteiger partial charge in [-0.2, -0.15) is 0 Å². The summed E-state index contributed by atoms with van der Waals surface area (Å²) < 4.78 is 12.8. The van der Waals surface area contributed by atoms with E-state index in [4.69, 9.17) is 0 Å². The minimum absolute atomic E-state index is 0.175. The third-order valence-corrected chi connectivity index (χ3v) is 2.83. The van der Waals surface area contributed by atoms with Crippen LogP contribution >= 0.6 is 0 Å². The molecule has 86 valence electrons. The first kappa shape index (κ1) is 10.9. The molecule has 5 heteroatoms. The van der Waals surface area contributed by atoms with Gasteiger partial charge in [0.1, 0.15) is 5.82 Å². The zero-order valence-corrected chi connectivity index (χ0v) is 9.11. The molecule has 2 heterocycles. The van der Waals surface area contributed by atoms with Crippen molar-refractivity contribution in [2.75, 3.05) is 11.9 Å². The number of hydrogen-bond acceptors (Lipinski definition) is 2. The molecule has 1 fully saturated rings. The van der Waals surface area contributed by atoms with Gasteiger partial charge in [0.25, 0.3) is 0 Å². The Morgan fingerprint density at radius 1 is 1.69 bits per heavy atom. The summed E-state index contributed by atoms with van der Waals surface area (Å²) in [5.41, 5.74) is 0.395. The maximum absolute atomic E-state index is 12.8. The van der Waals surface area contributed by atoms with E-state index in [-0.39, 0.29) is 6.03 Å². The number of hydrogen-bond donors (Lipinski definition) is 1. The van der Waals surface area contributed by atoms with Gasteiger partial charge in [-0.05, 0) is 12.8 Å². The average molecular weight is 223 g/mol. The van der Waals surface area contributed by atoms with Crippen molar-refractivity contribution in [3.8, 4) is 0 Å². The van der Waals surface area contributed by atoms with Crippen molar-refractivity contribution in [1.29, 1.82) is 0 Å². The minimum atomic E-state index is -0.451. The standard InChI is InChI=1S/C11H14FN3O/c1-2-10-3-4-15(10)11(16)14-9-5-8(12)6-13-7-9/h5-7,10H,2-4H2,1H3,(H,14,16). The fourth-order valence-electron chi connectivity index (χ4n) is 1.81. The quantitative estimate of drug-likeness (QED) is 0.835. The summed E-state index contributed by atoms with van der Waals surface area (Å²) in [6.45, 7) is 2.82. The normalized spacial score (nSPS) is 19.1. The molecule has 4 nitrogen and oxygen atoms in total. The second-order valence-electron chi connectivity index (χ2n) is 3.87. The van der Waals surface area contributed by atoms with Gasteiger partial charge in [-0.3, -0.25) is 4.98 Å². The summed E-state index contributed by atoms with van der Waals surface area (Å²) in [4.78, 5) is 17.2. The topological polar surface area (TPSA) is 45.2 Å². The number of halogens is 1. The fraction of sp³-hybridized carbons (Fsp3) is 0.455. The van der Waals surface area contributed by atoms with Gasteiger partial charge in [0.15, 0.2) is 0 Å². The molecule has 0 aromatic carbocycles. The van der Waals surface area contributed by atoms with Gasteiger partial charge < -0.3 is 10.2 Å². The van der Waals surface area contributed by atoms with E-state index in [9.17, 15) is 9.18 Å². The highest BCUT2D eigenvalue weighted by atomic mass is 19.1. The SMILES string of the molecule is CCC1CCN1C(=O)Nc1cncc(F)c1. The monoisotopic (exact) mass is 223 g/mol. The number of carbonyl (C=O) groups excluding carboxylic acids is 1. The van der Waals surface area contributed by atoms with Gasteiger partial charge in [-0.25, -0.2) is 9.18 Å². The molecule has 1 saturated heterocycles. The summed E-state index contributed by atoms with van der Waals surface area (Å²) in [6, 6.07) is 1.40. The van der Waals surface area contributed by atoms with Gasteiger partial charge in [-0.1, -0.05) is 6.92 Å². The first-order valence-electron chi connectivity index (χ1n) is 5.39. The molecule has 0 spiro atoms. The third-order valence-electron chi connectivity index (χ3n) is 2.83. The van der Waals surface area contributed by atoms with Gasteiger partial charge in [0, 0.05) is 18.7 Å². The summed E-state index contributed by atoms with van der Waals surface area (Å²) in [6.07, 6.45) is 4.54. The predicted octanol–water partition coefficient (Wildman–Crippen LogP) is 2.24. The largest absolute Gasteiger partial charge is 0.322 e.